The van der Waals surface area contributed by atoms with Crippen molar-refractivity contribution >= 4 is 27.3 Å². The lowest BCUT2D eigenvalue weighted by molar-refractivity contribution is 0.454. The molecule has 0 aliphatic carbocycles. The molecule has 5 nitrogen and oxygen atoms in total. The first-order valence-electron chi connectivity index (χ1n) is 4.31. The number of hydrogen-bond donors (Lipinski definition) is 1. The maximum Gasteiger partial charge on any atom is 0.250 e. The van der Waals surface area contributed by atoms with Gasteiger partial charge in [0.2, 0.25) is 11.5 Å². The van der Waals surface area contributed by atoms with Crippen molar-refractivity contribution in [3.8, 4) is 11.6 Å². The second-order valence-electron chi connectivity index (χ2n) is 3.10. The van der Waals surface area contributed by atoms with Gasteiger partial charge in [0.1, 0.15) is 11.0 Å². The van der Waals surface area contributed by atoms with Crippen molar-refractivity contribution in [3.05, 3.63) is 17.3 Å². The van der Waals surface area contributed by atoms with E-state index in [0.717, 1.165) is 9.58 Å². The van der Waals surface area contributed by atoms with Crippen LogP contribution in [0.25, 0.3) is 21.9 Å². The van der Waals surface area contributed by atoms with Crippen LogP contribution in [0.5, 0.6) is 0 Å². The van der Waals surface area contributed by atoms with E-state index in [1.54, 1.807) is 6.20 Å². The first-order valence-corrected chi connectivity index (χ1v) is 5.13. The van der Waals surface area contributed by atoms with E-state index in [2.05, 4.69) is 10.1 Å². The molecule has 0 radical (unpaired) electrons. The highest BCUT2D eigenvalue weighted by Crippen LogP contribution is 2.38. The predicted octanol–water partition coefficient (Wildman–Crippen LogP) is 2.43. The van der Waals surface area contributed by atoms with Gasteiger partial charge in [-0.25, -0.2) is 4.98 Å². The molecule has 0 unspecified atom stereocenters. The third kappa shape index (κ3) is 1.08. The molecule has 0 saturated heterocycles. The van der Waals surface area contributed by atoms with E-state index in [4.69, 9.17) is 14.7 Å². The summed E-state index contributed by atoms with van der Waals surface area (Å²) in [5.41, 5.74) is 7.70. The molecule has 6 heteroatoms. The molecule has 0 aliphatic rings. The van der Waals surface area contributed by atoms with Crippen LogP contribution in [0.15, 0.2) is 21.4 Å². The minimum absolute atomic E-state index is 0.454. The Morgan fingerprint density at radius 1 is 1.47 bits per heavy atom. The second-order valence-corrected chi connectivity index (χ2v) is 4.32. The Balaban J connectivity index is 2.33. The number of fused-ring (bicyclic) bond motifs is 1. The highest BCUT2D eigenvalue weighted by molar-refractivity contribution is 7.20. The zero-order chi connectivity index (χ0) is 10.4. The van der Waals surface area contributed by atoms with Gasteiger partial charge < -0.3 is 14.7 Å². The van der Waals surface area contributed by atoms with E-state index in [9.17, 15) is 0 Å². The third-order valence-corrected chi connectivity index (χ3v) is 3.27. The molecule has 3 aromatic rings. The van der Waals surface area contributed by atoms with Gasteiger partial charge >= 0.3 is 0 Å². The lowest BCUT2D eigenvalue weighted by Crippen LogP contribution is -1.81. The van der Waals surface area contributed by atoms with Crippen molar-refractivity contribution in [3.63, 3.8) is 0 Å². The highest BCUT2D eigenvalue weighted by Gasteiger charge is 2.19. The molecule has 3 rings (SSSR count). The van der Waals surface area contributed by atoms with Gasteiger partial charge in [0.25, 0.3) is 0 Å². The summed E-state index contributed by atoms with van der Waals surface area (Å²) in [7, 11) is 0. The van der Waals surface area contributed by atoms with Gasteiger partial charge in [0, 0.05) is 4.88 Å². The van der Waals surface area contributed by atoms with E-state index in [1.165, 1.54) is 17.6 Å². The number of rotatable bonds is 1. The van der Waals surface area contributed by atoms with Crippen LogP contribution >= 0.6 is 11.3 Å². The van der Waals surface area contributed by atoms with Gasteiger partial charge in [-0.05, 0) is 6.92 Å². The fourth-order valence-corrected chi connectivity index (χ4v) is 2.36. The molecule has 76 valence electrons. The second kappa shape index (κ2) is 2.83. The van der Waals surface area contributed by atoms with E-state index in [1.807, 2.05) is 6.92 Å². The van der Waals surface area contributed by atoms with Gasteiger partial charge in [-0.1, -0.05) is 5.16 Å². The Labute approximate surface area is 88.5 Å². The summed E-state index contributed by atoms with van der Waals surface area (Å²) in [5, 5.41) is 3.90. The lowest BCUT2D eigenvalue weighted by atomic mass is 10.3. The first-order chi connectivity index (χ1) is 7.27. The van der Waals surface area contributed by atoms with E-state index in [-0.39, 0.29) is 0 Å². The number of anilines is 1. The number of oxazole rings is 1. The molecular formula is C9H7N3O2S. The van der Waals surface area contributed by atoms with Crippen molar-refractivity contribution in [2.24, 2.45) is 0 Å². The summed E-state index contributed by atoms with van der Waals surface area (Å²) >= 11 is 1.53. The Morgan fingerprint density at radius 2 is 2.33 bits per heavy atom. The number of nitrogens with zero attached hydrogens (tertiary/aromatic N) is 2. The minimum atomic E-state index is 0.454. The Morgan fingerprint density at radius 3 is 3.07 bits per heavy atom. The van der Waals surface area contributed by atoms with Crippen molar-refractivity contribution in [1.29, 1.82) is 0 Å². The molecule has 0 aromatic carbocycles. The van der Waals surface area contributed by atoms with Crippen molar-refractivity contribution in [1.82, 2.24) is 10.1 Å². The van der Waals surface area contributed by atoms with Crippen LogP contribution in [0.2, 0.25) is 0 Å². The normalized spacial score (nSPS) is 11.3. The van der Waals surface area contributed by atoms with Crippen LogP contribution < -0.4 is 5.73 Å². The van der Waals surface area contributed by atoms with E-state index < -0.39 is 0 Å². The molecule has 0 atom stereocenters. The number of hydrogen-bond acceptors (Lipinski definition) is 6. The van der Waals surface area contributed by atoms with Gasteiger partial charge in [-0.15, -0.1) is 11.3 Å². The van der Waals surface area contributed by atoms with Crippen LogP contribution in [0.3, 0.4) is 0 Å². The number of aromatic nitrogens is 2. The largest absolute Gasteiger partial charge is 0.443 e. The number of aryl methyl sites for hydroxylation is 1. The molecule has 0 aliphatic heterocycles. The number of nitrogen functional groups attached to an aromatic ring is 1. The maximum absolute atomic E-state index is 5.83. The standard InChI is InChI=1S/C9H7N3O2S/c1-4-5(10)7-8(15-4)6(12-14-7)9-11-2-3-13-9/h2-3H,10H2,1H3. The fraction of sp³-hybridized carbons (Fsp3) is 0.111. The molecule has 0 bridgehead atoms. The van der Waals surface area contributed by atoms with Crippen LogP contribution in [0.4, 0.5) is 5.69 Å². The SMILES string of the molecule is Cc1sc2c(-c3ncco3)noc2c1N. The summed E-state index contributed by atoms with van der Waals surface area (Å²) in [4.78, 5) is 5.04. The molecule has 0 saturated carbocycles. The highest BCUT2D eigenvalue weighted by atomic mass is 32.1. The lowest BCUT2D eigenvalue weighted by Gasteiger charge is -1.85. The molecular weight excluding hydrogens is 214 g/mol. The molecule has 0 amide bonds. The number of nitrogens with two attached hydrogens (primary N) is 1. The molecule has 3 heterocycles. The zero-order valence-electron chi connectivity index (χ0n) is 7.85. The summed E-state index contributed by atoms with van der Waals surface area (Å²) in [5.74, 6) is 0.454. The maximum atomic E-state index is 5.83. The van der Waals surface area contributed by atoms with Crippen LogP contribution in [0.1, 0.15) is 4.88 Å². The molecule has 2 N–H and O–H groups in total. The summed E-state index contributed by atoms with van der Waals surface area (Å²) in [6.07, 6.45) is 3.07. The smallest absolute Gasteiger partial charge is 0.250 e. The van der Waals surface area contributed by atoms with Crippen molar-refractivity contribution < 1.29 is 8.94 Å². The van der Waals surface area contributed by atoms with Crippen molar-refractivity contribution in [2.45, 2.75) is 6.92 Å². The monoisotopic (exact) mass is 221 g/mol. The Hall–Kier alpha value is -1.82. The van der Waals surface area contributed by atoms with Crippen LogP contribution in [0, 0.1) is 6.92 Å². The quantitative estimate of drug-likeness (QED) is 0.682. The molecule has 3 aromatic heterocycles. The first kappa shape index (κ1) is 8.49. The Bertz CT molecular complexity index is 609. The minimum Gasteiger partial charge on any atom is -0.443 e. The number of thiophene rings is 1. The van der Waals surface area contributed by atoms with Gasteiger partial charge in [-0.3, -0.25) is 0 Å². The average molecular weight is 221 g/mol. The summed E-state index contributed by atoms with van der Waals surface area (Å²) in [6.45, 7) is 1.94. The van der Waals surface area contributed by atoms with E-state index in [0.29, 0.717) is 22.9 Å². The zero-order valence-corrected chi connectivity index (χ0v) is 8.67. The molecule has 0 fully saturated rings. The Kier molecular flexibility index (Phi) is 1.60. The third-order valence-electron chi connectivity index (χ3n) is 2.16. The molecule has 0 spiro atoms. The fourth-order valence-electron chi connectivity index (χ4n) is 1.39. The van der Waals surface area contributed by atoms with Crippen molar-refractivity contribution in [2.75, 3.05) is 5.73 Å². The predicted molar refractivity (Wildman–Crippen MR) is 56.5 cm³/mol. The topological polar surface area (TPSA) is 78.1 Å². The van der Waals surface area contributed by atoms with Gasteiger partial charge in [0.05, 0.1) is 11.9 Å². The van der Waals surface area contributed by atoms with Gasteiger partial charge in [-0.2, -0.15) is 0 Å². The molecule has 15 heavy (non-hydrogen) atoms. The van der Waals surface area contributed by atoms with E-state index >= 15 is 0 Å². The van der Waals surface area contributed by atoms with Crippen LogP contribution in [-0.4, -0.2) is 10.1 Å². The average Bonchev–Trinajstić information content (AvgIpc) is 2.87. The summed E-state index contributed by atoms with van der Waals surface area (Å²) in [6, 6.07) is 0. The van der Waals surface area contributed by atoms with Gasteiger partial charge in [0.15, 0.2) is 5.69 Å². The summed E-state index contributed by atoms with van der Waals surface area (Å²) < 4.78 is 11.2. The van der Waals surface area contributed by atoms with Crippen LogP contribution in [-0.2, 0) is 0 Å².